The van der Waals surface area contributed by atoms with Crippen molar-refractivity contribution >= 4 is 49.6 Å². The monoisotopic (exact) mass is 290 g/mol. The fourth-order valence-corrected chi connectivity index (χ4v) is 0.408. The first-order chi connectivity index (χ1) is 4.83. The second-order valence-corrected chi connectivity index (χ2v) is 2.28. The third-order valence-corrected chi connectivity index (χ3v) is 1.12. The SMILES string of the molecule is CCCCN.CCCCN.Cl.Cl.Cl.Cl. The highest BCUT2D eigenvalue weighted by atomic mass is 35.5. The fourth-order valence-electron chi connectivity index (χ4n) is 0.408. The summed E-state index contributed by atoms with van der Waals surface area (Å²) in [6, 6.07) is 0. The molecule has 0 heterocycles. The largest absolute Gasteiger partial charge is 0.330 e. The zero-order chi connectivity index (χ0) is 8.24. The van der Waals surface area contributed by atoms with E-state index in [4.69, 9.17) is 11.5 Å². The number of unbranched alkanes of at least 4 members (excludes halogenated alkanes) is 2. The molecule has 0 aliphatic carbocycles. The standard InChI is InChI=1S/2C4H11N.4ClH/c2*1-2-3-4-5;;;;/h2*2-5H2,1H3;4*1H. The quantitative estimate of drug-likeness (QED) is 0.836. The first-order valence-corrected chi connectivity index (χ1v) is 4.23. The second-order valence-electron chi connectivity index (χ2n) is 2.28. The van der Waals surface area contributed by atoms with E-state index in [-0.39, 0.29) is 49.6 Å². The van der Waals surface area contributed by atoms with E-state index < -0.39 is 0 Å². The summed E-state index contributed by atoms with van der Waals surface area (Å²) in [7, 11) is 0. The Bertz CT molecular complexity index is 40.3. The van der Waals surface area contributed by atoms with Crippen LogP contribution in [0.1, 0.15) is 39.5 Å². The normalized spacial score (nSPS) is 6.00. The van der Waals surface area contributed by atoms with Crippen molar-refractivity contribution in [3.8, 4) is 0 Å². The van der Waals surface area contributed by atoms with Gasteiger partial charge in [0, 0.05) is 0 Å². The first-order valence-electron chi connectivity index (χ1n) is 4.23. The minimum atomic E-state index is 0. The van der Waals surface area contributed by atoms with Crippen LogP contribution in [-0.2, 0) is 0 Å². The molecule has 0 saturated carbocycles. The number of hydrogen-bond acceptors (Lipinski definition) is 2. The third kappa shape index (κ3) is 74.0. The molecule has 4 N–H and O–H groups in total. The number of rotatable bonds is 4. The average molecular weight is 292 g/mol. The van der Waals surface area contributed by atoms with Crippen LogP contribution in [0.3, 0.4) is 0 Å². The molecular weight excluding hydrogens is 266 g/mol. The minimum absolute atomic E-state index is 0. The highest BCUT2D eigenvalue weighted by Gasteiger charge is 1.68. The smallest absolute Gasteiger partial charge is 0.00774 e. The van der Waals surface area contributed by atoms with E-state index in [1.165, 1.54) is 25.7 Å². The van der Waals surface area contributed by atoms with Crippen molar-refractivity contribution in [2.45, 2.75) is 39.5 Å². The lowest BCUT2D eigenvalue weighted by Gasteiger charge is -1.80. The van der Waals surface area contributed by atoms with Gasteiger partial charge in [-0.15, -0.1) is 49.6 Å². The van der Waals surface area contributed by atoms with Crippen LogP contribution in [0.4, 0.5) is 0 Å². The van der Waals surface area contributed by atoms with Gasteiger partial charge in [0.05, 0.1) is 0 Å². The summed E-state index contributed by atoms with van der Waals surface area (Å²) in [5, 5.41) is 0. The van der Waals surface area contributed by atoms with Gasteiger partial charge in [-0.25, -0.2) is 0 Å². The molecule has 0 aromatic rings. The molecule has 0 unspecified atom stereocenters. The Morgan fingerprint density at radius 2 is 0.857 bits per heavy atom. The molecule has 0 aliphatic rings. The van der Waals surface area contributed by atoms with E-state index in [1.807, 2.05) is 0 Å². The van der Waals surface area contributed by atoms with Crippen molar-refractivity contribution in [1.82, 2.24) is 0 Å². The molecule has 0 rings (SSSR count). The van der Waals surface area contributed by atoms with Gasteiger partial charge in [-0.3, -0.25) is 0 Å². The van der Waals surface area contributed by atoms with Gasteiger partial charge in [0.25, 0.3) is 0 Å². The van der Waals surface area contributed by atoms with Crippen LogP contribution in [0.2, 0.25) is 0 Å². The van der Waals surface area contributed by atoms with Gasteiger partial charge in [0.1, 0.15) is 0 Å². The van der Waals surface area contributed by atoms with Gasteiger partial charge in [0.2, 0.25) is 0 Å². The van der Waals surface area contributed by atoms with Gasteiger partial charge in [-0.1, -0.05) is 26.7 Å². The summed E-state index contributed by atoms with van der Waals surface area (Å²) in [5.41, 5.74) is 10.3. The maximum atomic E-state index is 5.14. The Hall–Kier alpha value is 1.08. The fraction of sp³-hybridized carbons (Fsp3) is 1.00. The lowest BCUT2D eigenvalue weighted by Crippen LogP contribution is -1.95. The molecule has 2 nitrogen and oxygen atoms in total. The van der Waals surface area contributed by atoms with Crippen LogP contribution in [0, 0.1) is 0 Å². The zero-order valence-electron chi connectivity index (χ0n) is 9.03. The zero-order valence-corrected chi connectivity index (χ0v) is 12.3. The molecule has 0 aromatic heterocycles. The predicted octanol–water partition coefficient (Wildman–Crippen LogP) is 3.18. The predicted molar refractivity (Wildman–Crippen MR) is 76.9 cm³/mol. The molecule has 0 fully saturated rings. The van der Waals surface area contributed by atoms with Crippen molar-refractivity contribution in [3.63, 3.8) is 0 Å². The third-order valence-electron chi connectivity index (χ3n) is 1.12. The van der Waals surface area contributed by atoms with Gasteiger partial charge in [-0.05, 0) is 25.9 Å². The summed E-state index contributed by atoms with van der Waals surface area (Å²) in [5.74, 6) is 0. The molecule has 96 valence electrons. The van der Waals surface area contributed by atoms with Crippen LogP contribution >= 0.6 is 49.6 Å². The maximum Gasteiger partial charge on any atom is -0.00774 e. The highest BCUT2D eigenvalue weighted by Crippen LogP contribution is 1.77. The number of nitrogens with two attached hydrogens (primary N) is 2. The lowest BCUT2D eigenvalue weighted by atomic mass is 10.3. The van der Waals surface area contributed by atoms with Gasteiger partial charge >= 0.3 is 0 Å². The molecule has 0 bridgehead atoms. The van der Waals surface area contributed by atoms with Crippen LogP contribution in [0.25, 0.3) is 0 Å². The van der Waals surface area contributed by atoms with Crippen molar-refractivity contribution in [3.05, 3.63) is 0 Å². The second kappa shape index (κ2) is 48.1. The highest BCUT2D eigenvalue weighted by molar-refractivity contribution is 5.86. The Morgan fingerprint density at radius 3 is 0.857 bits per heavy atom. The van der Waals surface area contributed by atoms with Gasteiger partial charge in [0.15, 0.2) is 0 Å². The first kappa shape index (κ1) is 36.3. The summed E-state index contributed by atoms with van der Waals surface area (Å²) in [6.07, 6.45) is 4.77. The molecule has 0 radical (unpaired) electrons. The van der Waals surface area contributed by atoms with Gasteiger partial charge < -0.3 is 11.5 Å². The summed E-state index contributed by atoms with van der Waals surface area (Å²) in [6.45, 7) is 5.95. The van der Waals surface area contributed by atoms with Crippen LogP contribution in [-0.4, -0.2) is 13.1 Å². The Morgan fingerprint density at radius 1 is 0.643 bits per heavy atom. The molecule has 0 saturated heterocycles. The summed E-state index contributed by atoms with van der Waals surface area (Å²) < 4.78 is 0. The minimum Gasteiger partial charge on any atom is -0.330 e. The van der Waals surface area contributed by atoms with E-state index in [1.54, 1.807) is 0 Å². The van der Waals surface area contributed by atoms with Gasteiger partial charge in [-0.2, -0.15) is 0 Å². The topological polar surface area (TPSA) is 52.0 Å². The summed E-state index contributed by atoms with van der Waals surface area (Å²) >= 11 is 0. The lowest BCUT2D eigenvalue weighted by molar-refractivity contribution is 0.807. The molecular formula is C8H26Cl4N2. The van der Waals surface area contributed by atoms with E-state index in [9.17, 15) is 0 Å². The molecule has 0 spiro atoms. The number of halogens is 4. The van der Waals surface area contributed by atoms with E-state index in [2.05, 4.69) is 13.8 Å². The Labute approximate surface area is 114 Å². The molecule has 0 aliphatic heterocycles. The molecule has 0 amide bonds. The van der Waals surface area contributed by atoms with Crippen molar-refractivity contribution in [1.29, 1.82) is 0 Å². The molecule has 14 heavy (non-hydrogen) atoms. The maximum absolute atomic E-state index is 5.14. The van der Waals surface area contributed by atoms with Crippen molar-refractivity contribution < 1.29 is 0 Å². The summed E-state index contributed by atoms with van der Waals surface area (Å²) in [4.78, 5) is 0. The Kier molecular flexibility index (Phi) is 124. The molecule has 6 heteroatoms. The van der Waals surface area contributed by atoms with Crippen molar-refractivity contribution in [2.24, 2.45) is 11.5 Å². The van der Waals surface area contributed by atoms with Crippen LogP contribution in [0.5, 0.6) is 0 Å². The van der Waals surface area contributed by atoms with Crippen LogP contribution in [0.15, 0.2) is 0 Å². The van der Waals surface area contributed by atoms with Crippen LogP contribution < -0.4 is 11.5 Å². The Balaban J connectivity index is -0.0000000178. The molecule has 0 atom stereocenters. The number of hydrogen-bond donors (Lipinski definition) is 2. The molecule has 0 aromatic carbocycles. The average Bonchev–Trinajstić information content (AvgIpc) is 1.93. The van der Waals surface area contributed by atoms with E-state index >= 15 is 0 Å². The van der Waals surface area contributed by atoms with Crippen molar-refractivity contribution in [2.75, 3.05) is 13.1 Å². The van der Waals surface area contributed by atoms with E-state index in [0.29, 0.717) is 0 Å². The van der Waals surface area contributed by atoms with E-state index in [0.717, 1.165) is 13.1 Å².